The summed E-state index contributed by atoms with van der Waals surface area (Å²) < 4.78 is 5.06. The van der Waals surface area contributed by atoms with Gasteiger partial charge < -0.3 is 10.5 Å². The van der Waals surface area contributed by atoms with Gasteiger partial charge in [0.1, 0.15) is 5.15 Å². The van der Waals surface area contributed by atoms with Crippen molar-refractivity contribution < 1.29 is 19.1 Å². The summed E-state index contributed by atoms with van der Waals surface area (Å²) in [6, 6.07) is 0.237. The number of nitrogens with zero attached hydrogens (tertiary/aromatic N) is 1. The molecule has 21 heavy (non-hydrogen) atoms. The molecule has 0 spiro atoms. The molecule has 114 valence electrons. The van der Waals surface area contributed by atoms with Crippen LogP contribution in [0, 0.1) is 5.92 Å². The Labute approximate surface area is 130 Å². The third-order valence-electron chi connectivity index (χ3n) is 2.38. The van der Waals surface area contributed by atoms with E-state index in [2.05, 4.69) is 4.98 Å². The summed E-state index contributed by atoms with van der Waals surface area (Å²) in [6.45, 7) is 3.29. The van der Waals surface area contributed by atoms with Crippen LogP contribution in [0.3, 0.4) is 0 Å². The van der Waals surface area contributed by atoms with Crippen molar-refractivity contribution in [2.75, 3.05) is 0 Å². The number of esters is 1. The number of imide groups is 1. The van der Waals surface area contributed by atoms with E-state index in [1.165, 1.54) is 12.3 Å². The van der Waals surface area contributed by atoms with Crippen LogP contribution in [0.25, 0.3) is 0 Å². The van der Waals surface area contributed by atoms with Crippen LogP contribution in [0.1, 0.15) is 24.2 Å². The first kappa shape index (κ1) is 17.2. The van der Waals surface area contributed by atoms with Crippen molar-refractivity contribution in [1.82, 2.24) is 10.3 Å². The van der Waals surface area contributed by atoms with Crippen molar-refractivity contribution in [3.63, 3.8) is 0 Å². The van der Waals surface area contributed by atoms with Crippen LogP contribution in [-0.4, -0.2) is 29.0 Å². The molecule has 7 nitrogen and oxygen atoms in total. The summed E-state index contributed by atoms with van der Waals surface area (Å²) in [4.78, 5) is 38.1. The topological polar surface area (TPSA) is 111 Å². The zero-order valence-corrected chi connectivity index (χ0v) is 12.7. The van der Waals surface area contributed by atoms with Gasteiger partial charge >= 0.3 is 12.0 Å². The second-order valence-electron chi connectivity index (χ2n) is 4.42. The quantitative estimate of drug-likeness (QED) is 0.644. The van der Waals surface area contributed by atoms with Crippen LogP contribution in [0.5, 0.6) is 0 Å². The maximum Gasteiger partial charge on any atom is 0.340 e. The molecule has 0 unspecified atom stereocenters. The van der Waals surface area contributed by atoms with Crippen LogP contribution >= 0.6 is 23.2 Å². The van der Waals surface area contributed by atoms with E-state index in [9.17, 15) is 14.4 Å². The van der Waals surface area contributed by atoms with Gasteiger partial charge in [-0.25, -0.2) is 14.6 Å². The Morgan fingerprint density at radius 2 is 1.95 bits per heavy atom. The maximum absolute atomic E-state index is 12.0. The number of ether oxygens (including phenoxy) is 1. The molecule has 0 aliphatic heterocycles. The van der Waals surface area contributed by atoms with Crippen molar-refractivity contribution in [2.24, 2.45) is 11.7 Å². The number of carbonyl (C=O) groups excluding carboxylic acids is 3. The first-order chi connectivity index (χ1) is 9.72. The number of pyridine rings is 1. The lowest BCUT2D eigenvalue weighted by molar-refractivity contribution is -0.130. The number of hydrogen-bond donors (Lipinski definition) is 2. The average molecular weight is 334 g/mol. The molecule has 0 aliphatic carbocycles. The number of rotatable bonds is 4. The van der Waals surface area contributed by atoms with E-state index < -0.39 is 24.0 Å². The molecule has 1 aromatic heterocycles. The van der Waals surface area contributed by atoms with E-state index in [0.717, 1.165) is 0 Å². The smallest absolute Gasteiger partial charge is 0.340 e. The fraction of sp³-hybridized carbons (Fsp3) is 0.333. The first-order valence-electron chi connectivity index (χ1n) is 5.84. The lowest BCUT2D eigenvalue weighted by Gasteiger charge is -2.19. The molecule has 1 aromatic rings. The molecule has 0 fully saturated rings. The highest BCUT2D eigenvalue weighted by molar-refractivity contribution is 6.41. The van der Waals surface area contributed by atoms with Crippen molar-refractivity contribution >= 4 is 41.1 Å². The van der Waals surface area contributed by atoms with Gasteiger partial charge in [0.25, 0.3) is 5.91 Å². The minimum absolute atomic E-state index is 0.0296. The molecule has 1 heterocycles. The third-order valence-corrected chi connectivity index (χ3v) is 3.06. The van der Waals surface area contributed by atoms with Gasteiger partial charge in [0.15, 0.2) is 6.10 Å². The number of hydrogen-bond acceptors (Lipinski definition) is 5. The molecule has 1 atom stereocenters. The molecular weight excluding hydrogens is 321 g/mol. The second kappa shape index (κ2) is 7.24. The lowest BCUT2D eigenvalue weighted by Crippen LogP contribution is -2.45. The molecule has 3 amide bonds. The van der Waals surface area contributed by atoms with E-state index >= 15 is 0 Å². The van der Waals surface area contributed by atoms with Crippen LogP contribution in [0.15, 0.2) is 12.3 Å². The molecule has 0 aliphatic rings. The Hall–Kier alpha value is -1.86. The zero-order valence-electron chi connectivity index (χ0n) is 11.2. The Kier molecular flexibility index (Phi) is 5.92. The largest absolute Gasteiger partial charge is 0.448 e. The second-order valence-corrected chi connectivity index (χ2v) is 5.19. The summed E-state index contributed by atoms with van der Waals surface area (Å²) in [5.41, 5.74) is 4.89. The van der Waals surface area contributed by atoms with Crippen LogP contribution in [-0.2, 0) is 9.53 Å². The van der Waals surface area contributed by atoms with E-state index in [1.54, 1.807) is 13.8 Å². The molecule has 3 N–H and O–H groups in total. The fourth-order valence-electron chi connectivity index (χ4n) is 1.40. The molecule has 0 radical (unpaired) electrons. The minimum atomic E-state index is -1.18. The molecule has 0 aromatic carbocycles. The molecule has 0 saturated heterocycles. The SMILES string of the molecule is CC(C)[C@@H](OC(=O)c1cnc(Cl)c(Cl)c1)C(=O)NC(N)=O. The Bertz CT molecular complexity index is 578. The van der Waals surface area contributed by atoms with Gasteiger partial charge in [-0.2, -0.15) is 0 Å². The molecule has 9 heteroatoms. The van der Waals surface area contributed by atoms with Gasteiger partial charge in [-0.05, 0) is 12.0 Å². The number of halogens is 2. The van der Waals surface area contributed by atoms with Crippen LogP contribution in [0.2, 0.25) is 10.2 Å². The summed E-state index contributed by atoms with van der Waals surface area (Å²) in [5, 5.41) is 1.98. The number of nitrogens with two attached hydrogens (primary N) is 1. The van der Waals surface area contributed by atoms with E-state index in [4.69, 9.17) is 33.7 Å². The Morgan fingerprint density at radius 1 is 1.33 bits per heavy atom. The van der Waals surface area contributed by atoms with Crippen molar-refractivity contribution in [1.29, 1.82) is 0 Å². The maximum atomic E-state index is 12.0. The van der Waals surface area contributed by atoms with Crippen LogP contribution < -0.4 is 11.1 Å². The highest BCUT2D eigenvalue weighted by Crippen LogP contribution is 2.20. The number of primary amides is 1. The predicted molar refractivity (Wildman–Crippen MR) is 76.0 cm³/mol. The Balaban J connectivity index is 2.88. The zero-order chi connectivity index (χ0) is 16.2. The number of carbonyl (C=O) groups is 3. The number of amides is 3. The van der Waals surface area contributed by atoms with E-state index in [-0.39, 0.29) is 21.7 Å². The molecular formula is C12H13Cl2N3O4. The van der Waals surface area contributed by atoms with Gasteiger partial charge in [-0.3, -0.25) is 10.1 Å². The van der Waals surface area contributed by atoms with Gasteiger partial charge in [0, 0.05) is 6.20 Å². The lowest BCUT2D eigenvalue weighted by atomic mass is 10.1. The van der Waals surface area contributed by atoms with Crippen LogP contribution in [0.4, 0.5) is 4.79 Å². The first-order valence-corrected chi connectivity index (χ1v) is 6.60. The minimum Gasteiger partial charge on any atom is -0.448 e. The summed E-state index contributed by atoms with van der Waals surface area (Å²) in [5.74, 6) is -2.00. The highest BCUT2D eigenvalue weighted by Gasteiger charge is 2.28. The van der Waals surface area contributed by atoms with Gasteiger partial charge in [-0.15, -0.1) is 0 Å². The summed E-state index contributed by atoms with van der Waals surface area (Å²) >= 11 is 11.4. The monoisotopic (exact) mass is 333 g/mol. The van der Waals surface area contributed by atoms with Gasteiger partial charge in [0.05, 0.1) is 10.6 Å². The standard InChI is InChI=1S/C12H13Cl2N3O4/c1-5(2)8(10(18)17-12(15)20)21-11(19)6-3-7(13)9(14)16-4-6/h3-5,8H,1-2H3,(H3,15,17,18,20)/t8-/m1/s1. The Morgan fingerprint density at radius 3 is 2.43 bits per heavy atom. The van der Waals surface area contributed by atoms with Crippen molar-refractivity contribution in [2.45, 2.75) is 20.0 Å². The molecule has 1 rings (SSSR count). The van der Waals surface area contributed by atoms with Crippen molar-refractivity contribution in [3.8, 4) is 0 Å². The van der Waals surface area contributed by atoms with E-state index in [1.807, 2.05) is 5.32 Å². The predicted octanol–water partition coefficient (Wildman–Crippen LogP) is 1.76. The van der Waals surface area contributed by atoms with Crippen molar-refractivity contribution in [3.05, 3.63) is 28.0 Å². The number of aromatic nitrogens is 1. The number of nitrogens with one attached hydrogen (secondary N) is 1. The summed E-state index contributed by atoms with van der Waals surface area (Å²) in [7, 11) is 0. The van der Waals surface area contributed by atoms with Gasteiger partial charge in [-0.1, -0.05) is 37.0 Å². The summed E-state index contributed by atoms with van der Waals surface area (Å²) in [6.07, 6.45) is -0.0145. The van der Waals surface area contributed by atoms with Gasteiger partial charge in [0.2, 0.25) is 0 Å². The molecule has 0 bridgehead atoms. The fourth-order valence-corrected chi connectivity index (χ4v) is 1.67. The van der Waals surface area contributed by atoms with E-state index in [0.29, 0.717) is 0 Å². The molecule has 0 saturated carbocycles. The normalized spacial score (nSPS) is 11.9. The third kappa shape index (κ3) is 4.87. The average Bonchev–Trinajstić information content (AvgIpc) is 2.37. The highest BCUT2D eigenvalue weighted by atomic mass is 35.5. The number of urea groups is 1.